The van der Waals surface area contributed by atoms with Crippen molar-refractivity contribution in [3.05, 3.63) is 0 Å². The van der Waals surface area contributed by atoms with E-state index in [2.05, 4.69) is 0 Å². The van der Waals surface area contributed by atoms with Crippen LogP contribution in [0.4, 0.5) is 4.79 Å². The highest BCUT2D eigenvalue weighted by Crippen LogP contribution is 2.38. The van der Waals surface area contributed by atoms with Gasteiger partial charge < -0.3 is 14.7 Å². The summed E-state index contributed by atoms with van der Waals surface area (Å²) in [6.07, 6.45) is 3.12. The molecule has 3 atom stereocenters. The number of aliphatic hydroxyl groups is 1. The molecule has 0 aromatic carbocycles. The van der Waals surface area contributed by atoms with Gasteiger partial charge in [-0.15, -0.1) is 0 Å². The molecule has 2 rings (SSSR count). The molecule has 1 amide bonds. The van der Waals surface area contributed by atoms with E-state index in [0.717, 1.165) is 25.9 Å². The van der Waals surface area contributed by atoms with Crippen molar-refractivity contribution in [1.29, 1.82) is 0 Å². The first-order valence-electron chi connectivity index (χ1n) is 6.96. The van der Waals surface area contributed by atoms with Gasteiger partial charge in [-0.1, -0.05) is 0 Å². The fraction of sp³-hybridized carbons (Fsp3) is 0.929. The van der Waals surface area contributed by atoms with Crippen LogP contribution in [0.25, 0.3) is 0 Å². The largest absolute Gasteiger partial charge is 0.444 e. The summed E-state index contributed by atoms with van der Waals surface area (Å²) in [6.45, 7) is 7.58. The predicted octanol–water partition coefficient (Wildman–Crippen LogP) is 2.26. The zero-order valence-corrected chi connectivity index (χ0v) is 11.7. The predicted molar refractivity (Wildman–Crippen MR) is 69.2 cm³/mol. The molecule has 1 heterocycles. The van der Waals surface area contributed by atoms with Crippen LogP contribution in [0, 0.1) is 17.8 Å². The van der Waals surface area contributed by atoms with E-state index in [1.54, 1.807) is 0 Å². The molecule has 1 saturated carbocycles. The quantitative estimate of drug-likeness (QED) is 0.782. The van der Waals surface area contributed by atoms with Gasteiger partial charge in [0.2, 0.25) is 0 Å². The van der Waals surface area contributed by atoms with Gasteiger partial charge in [0, 0.05) is 19.7 Å². The molecule has 4 heteroatoms. The van der Waals surface area contributed by atoms with Gasteiger partial charge in [0.1, 0.15) is 5.60 Å². The molecule has 1 aliphatic carbocycles. The first-order valence-corrected chi connectivity index (χ1v) is 6.96. The Morgan fingerprint density at radius 3 is 2.22 bits per heavy atom. The molecule has 0 aromatic rings. The zero-order valence-electron chi connectivity index (χ0n) is 11.7. The molecular formula is C14H25NO3. The average Bonchev–Trinajstić information content (AvgIpc) is 2.25. The number of amides is 1. The van der Waals surface area contributed by atoms with Crippen LogP contribution >= 0.6 is 0 Å². The van der Waals surface area contributed by atoms with Crippen LogP contribution in [0.1, 0.15) is 40.0 Å². The molecule has 1 unspecified atom stereocenters. The lowest BCUT2D eigenvalue weighted by atomic mass is 9.73. The topological polar surface area (TPSA) is 49.8 Å². The van der Waals surface area contributed by atoms with Crippen molar-refractivity contribution in [1.82, 2.24) is 4.90 Å². The number of hydrogen-bond acceptors (Lipinski definition) is 3. The van der Waals surface area contributed by atoms with Gasteiger partial charge >= 0.3 is 6.09 Å². The first-order chi connectivity index (χ1) is 8.37. The molecule has 2 aliphatic rings. The molecular weight excluding hydrogens is 230 g/mol. The number of likely N-dealkylation sites (tertiary alicyclic amines) is 1. The van der Waals surface area contributed by atoms with Crippen molar-refractivity contribution in [2.45, 2.75) is 45.6 Å². The third-order valence-electron chi connectivity index (χ3n) is 3.87. The number of fused-ring (bicyclic) bond motifs is 2. The van der Waals surface area contributed by atoms with Gasteiger partial charge in [-0.25, -0.2) is 4.79 Å². The van der Waals surface area contributed by atoms with Crippen molar-refractivity contribution in [2.75, 3.05) is 19.7 Å². The molecule has 1 saturated heterocycles. The molecule has 18 heavy (non-hydrogen) atoms. The highest BCUT2D eigenvalue weighted by Gasteiger charge is 2.37. The number of carbonyl (C=O) groups is 1. The number of carbonyl (C=O) groups excluding carboxylic acids is 1. The molecule has 0 spiro atoms. The Morgan fingerprint density at radius 2 is 1.78 bits per heavy atom. The third kappa shape index (κ3) is 3.37. The number of nitrogens with zero attached hydrogens (tertiary/aromatic N) is 1. The van der Waals surface area contributed by atoms with Crippen LogP contribution in [0.5, 0.6) is 0 Å². The average molecular weight is 255 g/mol. The smallest absolute Gasteiger partial charge is 0.410 e. The number of ether oxygens (including phenoxy) is 1. The minimum Gasteiger partial charge on any atom is -0.444 e. The number of hydrogen-bond donors (Lipinski definition) is 1. The SMILES string of the molecule is CC(C)(C)OC(=O)N1C[C@@H]2CC(CO)C[C@@H](C2)C1. The standard InChI is InChI=1S/C14H25NO3/c1-14(2,3)18-13(17)15-7-10-4-11(8-15)6-12(5-10)9-16/h10-12,16H,4-9H2,1-3H3/t10-,11+,12?. The Kier molecular flexibility index (Phi) is 3.85. The summed E-state index contributed by atoms with van der Waals surface area (Å²) in [5.41, 5.74) is -0.419. The molecule has 4 nitrogen and oxygen atoms in total. The molecule has 0 radical (unpaired) electrons. The third-order valence-corrected chi connectivity index (χ3v) is 3.87. The zero-order chi connectivity index (χ0) is 13.3. The molecule has 1 aliphatic heterocycles. The van der Waals surface area contributed by atoms with Gasteiger partial charge in [-0.05, 0) is 57.8 Å². The maximum Gasteiger partial charge on any atom is 0.410 e. The Morgan fingerprint density at radius 1 is 1.22 bits per heavy atom. The highest BCUT2D eigenvalue weighted by atomic mass is 16.6. The molecule has 2 fully saturated rings. The van der Waals surface area contributed by atoms with E-state index in [0.29, 0.717) is 24.4 Å². The first kappa shape index (κ1) is 13.7. The minimum absolute atomic E-state index is 0.181. The molecule has 0 aromatic heterocycles. The van der Waals surface area contributed by atoms with E-state index in [4.69, 9.17) is 4.74 Å². The van der Waals surface area contributed by atoms with Gasteiger partial charge in [-0.3, -0.25) is 0 Å². The lowest BCUT2D eigenvalue weighted by Gasteiger charge is -2.44. The van der Waals surface area contributed by atoms with Crippen LogP contribution < -0.4 is 0 Å². The molecule has 2 bridgehead atoms. The lowest BCUT2D eigenvalue weighted by molar-refractivity contribution is -0.00656. The monoisotopic (exact) mass is 255 g/mol. The van der Waals surface area contributed by atoms with Crippen LogP contribution in [-0.4, -0.2) is 41.4 Å². The second-order valence-electron chi connectivity index (χ2n) is 6.87. The lowest BCUT2D eigenvalue weighted by Crippen LogP contribution is -2.49. The van der Waals surface area contributed by atoms with E-state index in [-0.39, 0.29) is 6.09 Å². The van der Waals surface area contributed by atoms with E-state index in [1.807, 2.05) is 25.7 Å². The summed E-state index contributed by atoms with van der Waals surface area (Å²) in [6, 6.07) is 0. The van der Waals surface area contributed by atoms with Gasteiger partial charge in [0.15, 0.2) is 0 Å². The number of aliphatic hydroxyl groups excluding tert-OH is 1. The fourth-order valence-corrected chi connectivity index (χ4v) is 3.32. The Bertz CT molecular complexity index is 297. The second-order valence-corrected chi connectivity index (χ2v) is 6.87. The fourth-order valence-electron chi connectivity index (χ4n) is 3.32. The van der Waals surface area contributed by atoms with E-state index in [1.165, 1.54) is 6.42 Å². The van der Waals surface area contributed by atoms with E-state index >= 15 is 0 Å². The van der Waals surface area contributed by atoms with E-state index in [9.17, 15) is 9.90 Å². The second kappa shape index (κ2) is 5.08. The van der Waals surface area contributed by atoms with Crippen molar-refractivity contribution in [2.24, 2.45) is 17.8 Å². The molecule has 104 valence electrons. The van der Waals surface area contributed by atoms with Crippen LogP contribution in [0.2, 0.25) is 0 Å². The Hall–Kier alpha value is -0.770. The Balaban J connectivity index is 1.92. The summed E-state index contributed by atoms with van der Waals surface area (Å²) < 4.78 is 5.43. The Labute approximate surface area is 109 Å². The van der Waals surface area contributed by atoms with Crippen LogP contribution in [0.3, 0.4) is 0 Å². The van der Waals surface area contributed by atoms with Gasteiger partial charge in [0.25, 0.3) is 0 Å². The maximum atomic E-state index is 12.1. The van der Waals surface area contributed by atoms with Gasteiger partial charge in [-0.2, -0.15) is 0 Å². The van der Waals surface area contributed by atoms with Crippen molar-refractivity contribution in [3.63, 3.8) is 0 Å². The summed E-state index contributed by atoms with van der Waals surface area (Å²) in [5, 5.41) is 9.27. The highest BCUT2D eigenvalue weighted by molar-refractivity contribution is 5.68. The number of piperidine rings is 1. The molecule has 1 N–H and O–H groups in total. The van der Waals surface area contributed by atoms with Gasteiger partial charge in [0.05, 0.1) is 0 Å². The maximum absolute atomic E-state index is 12.1. The summed E-state index contributed by atoms with van der Waals surface area (Å²) in [7, 11) is 0. The minimum atomic E-state index is -0.419. The van der Waals surface area contributed by atoms with Crippen molar-refractivity contribution >= 4 is 6.09 Å². The summed E-state index contributed by atoms with van der Waals surface area (Å²) in [4.78, 5) is 13.9. The summed E-state index contributed by atoms with van der Waals surface area (Å²) in [5.74, 6) is 1.53. The van der Waals surface area contributed by atoms with Crippen molar-refractivity contribution < 1.29 is 14.6 Å². The number of rotatable bonds is 1. The van der Waals surface area contributed by atoms with E-state index < -0.39 is 5.60 Å². The van der Waals surface area contributed by atoms with Crippen LogP contribution in [0.15, 0.2) is 0 Å². The van der Waals surface area contributed by atoms with Crippen molar-refractivity contribution in [3.8, 4) is 0 Å². The normalized spacial score (nSPS) is 32.2. The van der Waals surface area contributed by atoms with Crippen LogP contribution in [-0.2, 0) is 4.74 Å². The summed E-state index contributed by atoms with van der Waals surface area (Å²) >= 11 is 0.